The highest BCUT2D eigenvalue weighted by Gasteiger charge is 2.50. The van der Waals surface area contributed by atoms with Crippen LogP contribution in [0, 0.1) is 6.92 Å². The molecule has 0 aromatic heterocycles. The molecule has 7 nitrogen and oxygen atoms in total. The maximum absolute atomic E-state index is 13.4. The predicted molar refractivity (Wildman–Crippen MR) is 132 cm³/mol. The van der Waals surface area contributed by atoms with E-state index in [0.29, 0.717) is 41.0 Å². The Labute approximate surface area is 217 Å². The van der Waals surface area contributed by atoms with Crippen molar-refractivity contribution in [1.82, 2.24) is 4.72 Å². The monoisotopic (exact) mass is 547 g/mol. The van der Waals surface area contributed by atoms with E-state index in [1.54, 1.807) is 31.2 Å². The summed E-state index contributed by atoms with van der Waals surface area (Å²) in [6, 6.07) is 14.4. The van der Waals surface area contributed by atoms with Crippen molar-refractivity contribution in [2.45, 2.75) is 42.9 Å². The fourth-order valence-electron chi connectivity index (χ4n) is 4.70. The minimum Gasteiger partial charge on any atom is -0.454 e. The number of halogens is 3. The van der Waals surface area contributed by atoms with E-state index in [0.717, 1.165) is 30.3 Å². The van der Waals surface area contributed by atoms with Gasteiger partial charge in [0.15, 0.2) is 11.5 Å². The molecule has 3 aromatic rings. The van der Waals surface area contributed by atoms with E-state index in [9.17, 15) is 26.4 Å². The summed E-state index contributed by atoms with van der Waals surface area (Å²) < 4.78 is 80.6. The third-order valence-corrected chi connectivity index (χ3v) is 8.37. The molecule has 200 valence electrons. The summed E-state index contributed by atoms with van der Waals surface area (Å²) in [6.45, 7) is 1.92. The lowest BCUT2D eigenvalue weighted by Crippen LogP contribution is -2.23. The van der Waals surface area contributed by atoms with Gasteiger partial charge in [0.1, 0.15) is 16.4 Å². The van der Waals surface area contributed by atoms with Gasteiger partial charge in [0.2, 0.25) is 16.8 Å². The average molecular weight is 548 g/mol. The number of hydrogen-bond acceptors (Lipinski definition) is 6. The van der Waals surface area contributed by atoms with Crippen LogP contribution in [0.3, 0.4) is 0 Å². The molecule has 1 fully saturated rings. The maximum atomic E-state index is 13.4. The Bertz CT molecular complexity index is 1530. The van der Waals surface area contributed by atoms with Crippen LogP contribution < -0.4 is 18.9 Å². The number of ketones is 1. The first kappa shape index (κ1) is 26.1. The molecule has 1 aliphatic carbocycles. The Morgan fingerprint density at radius 2 is 1.76 bits per heavy atom. The third-order valence-electron chi connectivity index (χ3n) is 6.91. The molecule has 0 unspecified atom stereocenters. The van der Waals surface area contributed by atoms with Crippen molar-refractivity contribution in [3.63, 3.8) is 0 Å². The lowest BCUT2D eigenvalue weighted by molar-refractivity contribution is -0.275. The highest BCUT2D eigenvalue weighted by molar-refractivity contribution is 7.89. The summed E-state index contributed by atoms with van der Waals surface area (Å²) in [5, 5.41) is 0. The average Bonchev–Trinajstić information content (AvgIpc) is 3.54. The van der Waals surface area contributed by atoms with Gasteiger partial charge in [0, 0.05) is 6.42 Å². The minimum absolute atomic E-state index is 0.0303. The molecule has 3 aromatic carbocycles. The zero-order valence-corrected chi connectivity index (χ0v) is 21.3. The van der Waals surface area contributed by atoms with Gasteiger partial charge in [-0.2, -0.15) is 0 Å². The highest BCUT2D eigenvalue weighted by atomic mass is 32.2. The van der Waals surface area contributed by atoms with Crippen molar-refractivity contribution < 1.29 is 40.6 Å². The van der Waals surface area contributed by atoms with Crippen LogP contribution in [0.4, 0.5) is 13.2 Å². The SMILES string of the molecule is CNS(=O)(=O)c1ccc(-c2cc(CC(=O)C3(c4ccc5c(c4)OCO5)CC3)ccc2C)cc1OC(F)(F)F. The zero-order chi connectivity index (χ0) is 27.3. The van der Waals surface area contributed by atoms with Gasteiger partial charge in [-0.05, 0) is 78.9 Å². The lowest BCUT2D eigenvalue weighted by atomic mass is 9.87. The normalized spacial score (nSPS) is 15.8. The van der Waals surface area contributed by atoms with E-state index in [4.69, 9.17) is 9.47 Å². The quantitative estimate of drug-likeness (QED) is 0.425. The van der Waals surface area contributed by atoms with E-state index in [1.807, 2.05) is 16.9 Å². The van der Waals surface area contributed by atoms with Gasteiger partial charge in [-0.3, -0.25) is 4.79 Å². The molecular weight excluding hydrogens is 523 g/mol. The van der Waals surface area contributed by atoms with Crippen LogP contribution in [-0.2, 0) is 26.7 Å². The molecule has 0 atom stereocenters. The molecule has 1 aliphatic heterocycles. The highest BCUT2D eigenvalue weighted by Crippen LogP contribution is 2.51. The lowest BCUT2D eigenvalue weighted by Gasteiger charge is -2.17. The molecule has 2 aliphatic rings. The van der Waals surface area contributed by atoms with E-state index in [-0.39, 0.29) is 19.0 Å². The summed E-state index contributed by atoms with van der Waals surface area (Å²) in [7, 11) is -3.11. The van der Waals surface area contributed by atoms with Crippen LogP contribution in [0.1, 0.15) is 29.5 Å². The van der Waals surface area contributed by atoms with Gasteiger partial charge in [0.25, 0.3) is 0 Å². The van der Waals surface area contributed by atoms with E-state index < -0.39 is 32.4 Å². The number of fused-ring (bicyclic) bond motifs is 1. The smallest absolute Gasteiger partial charge is 0.454 e. The topological polar surface area (TPSA) is 90.9 Å². The molecule has 1 N–H and O–H groups in total. The Balaban J connectivity index is 1.45. The van der Waals surface area contributed by atoms with Crippen molar-refractivity contribution in [1.29, 1.82) is 0 Å². The summed E-state index contributed by atoms with van der Waals surface area (Å²) >= 11 is 0. The Kier molecular flexibility index (Phi) is 6.39. The first-order valence-corrected chi connectivity index (χ1v) is 13.3. The minimum atomic E-state index is -5.09. The number of carbonyl (C=O) groups excluding carboxylic acids is 1. The standard InChI is InChI=1S/C27H24F3NO6S/c1-16-3-4-17(12-25(32)26(9-10-26)19-6-7-21-22(14-19)36-15-35-21)11-20(16)18-5-8-24(38(33,34)31-2)23(13-18)37-27(28,29)30/h3-8,11,13-14,31H,9-10,12,15H2,1-2H3. The predicted octanol–water partition coefficient (Wildman–Crippen LogP) is 5.04. The summed E-state index contributed by atoms with van der Waals surface area (Å²) in [5.74, 6) is 0.440. The van der Waals surface area contributed by atoms with Gasteiger partial charge in [-0.1, -0.05) is 30.3 Å². The van der Waals surface area contributed by atoms with E-state index in [1.165, 1.54) is 6.07 Å². The van der Waals surface area contributed by atoms with Crippen molar-refractivity contribution in [3.8, 4) is 28.4 Å². The number of aryl methyl sites for hydroxylation is 1. The second kappa shape index (κ2) is 9.32. The largest absolute Gasteiger partial charge is 0.573 e. The van der Waals surface area contributed by atoms with Crippen LogP contribution >= 0.6 is 0 Å². The molecule has 0 radical (unpaired) electrons. The molecule has 5 rings (SSSR count). The molecule has 0 saturated heterocycles. The van der Waals surface area contributed by atoms with Crippen molar-refractivity contribution in [2.75, 3.05) is 13.8 Å². The number of Topliss-reactive ketones (excluding diaryl/α,β-unsaturated/α-hetero) is 1. The van der Waals surface area contributed by atoms with Gasteiger partial charge in [-0.25, -0.2) is 13.1 Å². The number of benzene rings is 3. The van der Waals surface area contributed by atoms with E-state index in [2.05, 4.69) is 4.74 Å². The molecule has 38 heavy (non-hydrogen) atoms. The fourth-order valence-corrected chi connectivity index (χ4v) is 5.54. The van der Waals surface area contributed by atoms with Crippen LogP contribution in [0.15, 0.2) is 59.5 Å². The first-order chi connectivity index (χ1) is 17.9. The van der Waals surface area contributed by atoms with E-state index >= 15 is 0 Å². The Morgan fingerprint density at radius 1 is 1.03 bits per heavy atom. The van der Waals surface area contributed by atoms with Crippen LogP contribution in [0.2, 0.25) is 0 Å². The molecular formula is C27H24F3NO6S. The second-order valence-corrected chi connectivity index (χ2v) is 11.2. The van der Waals surface area contributed by atoms with Gasteiger partial charge >= 0.3 is 6.36 Å². The molecule has 0 spiro atoms. The van der Waals surface area contributed by atoms with Crippen LogP contribution in [0.5, 0.6) is 17.2 Å². The fraction of sp³-hybridized carbons (Fsp3) is 0.296. The van der Waals surface area contributed by atoms with Crippen LogP contribution in [0.25, 0.3) is 11.1 Å². The number of ether oxygens (including phenoxy) is 3. The Morgan fingerprint density at radius 3 is 2.45 bits per heavy atom. The maximum Gasteiger partial charge on any atom is 0.573 e. The number of rotatable bonds is 8. The second-order valence-electron chi connectivity index (χ2n) is 9.32. The molecule has 11 heteroatoms. The molecule has 1 saturated carbocycles. The summed E-state index contributed by atoms with van der Waals surface area (Å²) in [6.07, 6.45) is -3.54. The van der Waals surface area contributed by atoms with Gasteiger partial charge in [-0.15, -0.1) is 13.2 Å². The molecule has 0 bridgehead atoms. The molecule has 1 heterocycles. The first-order valence-electron chi connectivity index (χ1n) is 11.8. The number of hydrogen-bond donors (Lipinski definition) is 1. The van der Waals surface area contributed by atoms with Gasteiger partial charge < -0.3 is 14.2 Å². The third kappa shape index (κ3) is 4.95. The van der Waals surface area contributed by atoms with Crippen molar-refractivity contribution >= 4 is 15.8 Å². The Hall–Kier alpha value is -3.57. The van der Waals surface area contributed by atoms with Crippen molar-refractivity contribution in [3.05, 3.63) is 71.3 Å². The molecule has 0 amide bonds. The number of nitrogens with one attached hydrogen (secondary N) is 1. The van der Waals surface area contributed by atoms with Gasteiger partial charge in [0.05, 0.1) is 5.41 Å². The number of alkyl halides is 3. The number of sulfonamides is 1. The number of carbonyl (C=O) groups is 1. The summed E-state index contributed by atoms with van der Waals surface area (Å²) in [4.78, 5) is 12.8. The van der Waals surface area contributed by atoms with Crippen molar-refractivity contribution in [2.24, 2.45) is 0 Å². The summed E-state index contributed by atoms with van der Waals surface area (Å²) in [5.41, 5.74) is 2.57. The van der Waals surface area contributed by atoms with Crippen LogP contribution in [-0.4, -0.2) is 34.4 Å². The zero-order valence-electron chi connectivity index (χ0n) is 20.5.